The van der Waals surface area contributed by atoms with Gasteiger partial charge in [-0.05, 0) is 47.2 Å². The highest BCUT2D eigenvalue weighted by atomic mass is 16.5. The lowest BCUT2D eigenvalue weighted by molar-refractivity contribution is -0.140. The van der Waals surface area contributed by atoms with Gasteiger partial charge in [-0.1, -0.05) is 103 Å². The molecule has 0 aliphatic heterocycles. The maximum Gasteiger partial charge on any atom is 0.408 e. The predicted molar refractivity (Wildman–Crippen MR) is 194 cm³/mol. The van der Waals surface area contributed by atoms with Crippen LogP contribution in [0.1, 0.15) is 40.8 Å². The largest absolute Gasteiger partial charge is 0.489 e. The Morgan fingerprint density at radius 3 is 2.04 bits per heavy atom. The molecule has 5 aromatic rings. The van der Waals surface area contributed by atoms with E-state index in [9.17, 15) is 14.4 Å². The van der Waals surface area contributed by atoms with E-state index >= 15 is 0 Å². The number of carbonyl (C=O) groups excluding carboxylic acids is 3. The number of ether oxygens (including phenoxy) is 2. The maximum absolute atomic E-state index is 14.2. The molecule has 2 atom stereocenters. The summed E-state index contributed by atoms with van der Waals surface area (Å²) in [5, 5.41) is 5.91. The first-order valence-corrected chi connectivity index (χ1v) is 17.2. The Morgan fingerprint density at radius 1 is 0.804 bits per heavy atom. The number of alkyl carbamates (subject to hydrolysis) is 1. The van der Waals surface area contributed by atoms with E-state index in [0.29, 0.717) is 24.6 Å². The lowest BCUT2D eigenvalue weighted by Crippen LogP contribution is -2.56. The number of H-pyrrole nitrogens is 1. The highest BCUT2D eigenvalue weighted by Crippen LogP contribution is 2.47. The highest BCUT2D eigenvalue weighted by Gasteiger charge is 2.45. The van der Waals surface area contributed by atoms with Gasteiger partial charge in [-0.15, -0.1) is 0 Å². The van der Waals surface area contributed by atoms with Crippen molar-refractivity contribution in [3.63, 3.8) is 0 Å². The first kappa shape index (κ1) is 34.9. The number of aromatic amines is 1. The fourth-order valence-corrected chi connectivity index (χ4v) is 6.10. The van der Waals surface area contributed by atoms with Crippen LogP contribution < -0.4 is 15.4 Å². The van der Waals surface area contributed by atoms with E-state index in [-0.39, 0.29) is 30.8 Å². The molecule has 1 heterocycles. The second kappa shape index (κ2) is 16.7. The van der Waals surface area contributed by atoms with E-state index in [2.05, 4.69) is 32.7 Å². The zero-order valence-corrected chi connectivity index (χ0v) is 28.7. The molecule has 1 aromatic heterocycles. The number of benzene rings is 4. The molecule has 3 amide bonds. The Morgan fingerprint density at radius 2 is 1.43 bits per heavy atom. The van der Waals surface area contributed by atoms with Gasteiger partial charge < -0.3 is 30.0 Å². The number of likely N-dealkylation sites (N-methyl/N-ethyl adjacent to an activating group) is 1. The third kappa shape index (κ3) is 9.63. The zero-order chi connectivity index (χ0) is 35.5. The third-order valence-electron chi connectivity index (χ3n) is 9.34. The summed E-state index contributed by atoms with van der Waals surface area (Å²) in [6, 6.07) is 35.1. The lowest BCUT2D eigenvalue weighted by atomic mass is 9.95. The zero-order valence-electron chi connectivity index (χ0n) is 28.7. The molecule has 10 heteroatoms. The summed E-state index contributed by atoms with van der Waals surface area (Å²) in [5.74, 6) is -0.0118. The standard InChI is InChI=1S/C41H43N5O5/c1-46(39(48)36(24-34-25-42-29-44-34)45-40(49)51-27-32-13-7-3-8-14-32)37(38(47)43-28-41(21-22-41)33-15-9-4-10-16-33)23-30-17-19-35(20-18-30)50-26-31-11-5-2-6-12-31/h2-20,25,29,36-37H,21-24,26-28H2,1H3,(H,42,44)(H,43,47)(H,45,49)/t36-,37+/m0/s1. The molecule has 0 spiro atoms. The maximum atomic E-state index is 14.2. The van der Waals surface area contributed by atoms with E-state index in [1.807, 2.05) is 103 Å². The molecular weight excluding hydrogens is 642 g/mol. The normalized spacial score (nSPS) is 14.1. The molecule has 262 valence electrons. The summed E-state index contributed by atoms with van der Waals surface area (Å²) in [6.07, 6.45) is 4.70. The molecule has 1 aliphatic rings. The van der Waals surface area contributed by atoms with Gasteiger partial charge in [-0.2, -0.15) is 0 Å². The number of imidazole rings is 1. The van der Waals surface area contributed by atoms with Crippen molar-refractivity contribution in [2.45, 2.75) is 56.4 Å². The van der Waals surface area contributed by atoms with Crippen molar-refractivity contribution in [2.24, 2.45) is 0 Å². The van der Waals surface area contributed by atoms with Crippen LogP contribution in [-0.4, -0.2) is 58.5 Å². The Labute approximate surface area is 298 Å². The lowest BCUT2D eigenvalue weighted by Gasteiger charge is -2.31. The topological polar surface area (TPSA) is 126 Å². The molecule has 0 bridgehead atoms. The molecule has 1 fully saturated rings. The minimum absolute atomic E-state index is 0.0483. The molecule has 4 aromatic carbocycles. The average molecular weight is 686 g/mol. The number of aromatic nitrogens is 2. The van der Waals surface area contributed by atoms with Crippen LogP contribution in [0.25, 0.3) is 0 Å². The fraction of sp³-hybridized carbons (Fsp3) is 0.268. The second-order valence-electron chi connectivity index (χ2n) is 13.0. The molecule has 3 N–H and O–H groups in total. The predicted octanol–water partition coefficient (Wildman–Crippen LogP) is 5.74. The number of carbonyl (C=O) groups is 3. The number of amides is 3. The van der Waals surface area contributed by atoms with Crippen molar-refractivity contribution in [1.29, 1.82) is 0 Å². The van der Waals surface area contributed by atoms with Crippen LogP contribution in [0.5, 0.6) is 5.75 Å². The van der Waals surface area contributed by atoms with Crippen molar-refractivity contribution in [3.05, 3.63) is 156 Å². The van der Waals surface area contributed by atoms with Gasteiger partial charge in [0.05, 0.1) is 6.33 Å². The van der Waals surface area contributed by atoms with Crippen molar-refractivity contribution in [2.75, 3.05) is 13.6 Å². The number of nitrogens with one attached hydrogen (secondary N) is 3. The van der Waals surface area contributed by atoms with Gasteiger partial charge >= 0.3 is 6.09 Å². The molecular formula is C41H43N5O5. The smallest absolute Gasteiger partial charge is 0.408 e. The number of nitrogens with zero attached hydrogens (tertiary/aromatic N) is 2. The SMILES string of the molecule is CN(C(=O)[C@H](Cc1cnc[nH]1)NC(=O)OCc1ccccc1)[C@H](Cc1ccc(OCc2ccccc2)cc1)C(=O)NCC1(c2ccccc2)CC1. The number of hydrogen-bond donors (Lipinski definition) is 3. The Kier molecular flexibility index (Phi) is 11.4. The summed E-state index contributed by atoms with van der Waals surface area (Å²) < 4.78 is 11.4. The summed E-state index contributed by atoms with van der Waals surface area (Å²) in [7, 11) is 1.60. The summed E-state index contributed by atoms with van der Waals surface area (Å²) in [4.78, 5) is 49.8. The second-order valence-corrected chi connectivity index (χ2v) is 13.0. The molecule has 0 unspecified atom stereocenters. The van der Waals surface area contributed by atoms with E-state index in [1.165, 1.54) is 16.8 Å². The summed E-state index contributed by atoms with van der Waals surface area (Å²) in [6.45, 7) is 0.944. The summed E-state index contributed by atoms with van der Waals surface area (Å²) in [5.41, 5.74) is 4.45. The third-order valence-corrected chi connectivity index (χ3v) is 9.34. The minimum atomic E-state index is -1.03. The van der Waals surface area contributed by atoms with E-state index < -0.39 is 24.1 Å². The molecule has 0 saturated heterocycles. The van der Waals surface area contributed by atoms with Crippen LogP contribution in [0.15, 0.2) is 128 Å². The van der Waals surface area contributed by atoms with Crippen LogP contribution in [0, 0.1) is 0 Å². The quantitative estimate of drug-likeness (QED) is 0.122. The molecule has 10 nitrogen and oxygen atoms in total. The van der Waals surface area contributed by atoms with Crippen molar-refractivity contribution >= 4 is 17.9 Å². The van der Waals surface area contributed by atoms with E-state index in [0.717, 1.165) is 29.5 Å². The van der Waals surface area contributed by atoms with E-state index in [1.54, 1.807) is 13.2 Å². The van der Waals surface area contributed by atoms with Gasteiger partial charge in [0.2, 0.25) is 11.8 Å². The Balaban J connectivity index is 1.18. The van der Waals surface area contributed by atoms with Gasteiger partial charge in [0.1, 0.15) is 31.0 Å². The van der Waals surface area contributed by atoms with Gasteiger partial charge in [0.25, 0.3) is 0 Å². The molecule has 6 rings (SSSR count). The van der Waals surface area contributed by atoms with Crippen molar-refractivity contribution in [1.82, 2.24) is 25.5 Å². The number of rotatable bonds is 16. The van der Waals surface area contributed by atoms with Gasteiger partial charge in [-0.25, -0.2) is 9.78 Å². The number of hydrogen-bond acceptors (Lipinski definition) is 6. The van der Waals surface area contributed by atoms with Crippen LogP contribution in [0.2, 0.25) is 0 Å². The fourth-order valence-electron chi connectivity index (χ4n) is 6.10. The Bertz CT molecular complexity index is 1850. The molecule has 1 saturated carbocycles. The first-order valence-electron chi connectivity index (χ1n) is 17.2. The molecule has 1 aliphatic carbocycles. The minimum Gasteiger partial charge on any atom is -0.489 e. The van der Waals surface area contributed by atoms with Crippen LogP contribution in [-0.2, 0) is 45.8 Å². The average Bonchev–Trinajstić information content (AvgIpc) is 3.80. The van der Waals surface area contributed by atoms with Crippen molar-refractivity contribution in [3.8, 4) is 5.75 Å². The molecule has 51 heavy (non-hydrogen) atoms. The molecule has 0 radical (unpaired) electrons. The van der Waals surface area contributed by atoms with Crippen molar-refractivity contribution < 1.29 is 23.9 Å². The van der Waals surface area contributed by atoms with Crippen LogP contribution in [0.4, 0.5) is 4.79 Å². The highest BCUT2D eigenvalue weighted by molar-refractivity contribution is 5.91. The Hall–Kier alpha value is -5.90. The van der Waals surface area contributed by atoms with Gasteiger partial charge in [0, 0.05) is 43.7 Å². The monoisotopic (exact) mass is 685 g/mol. The van der Waals surface area contributed by atoms with Crippen LogP contribution >= 0.6 is 0 Å². The van der Waals surface area contributed by atoms with E-state index in [4.69, 9.17) is 9.47 Å². The summed E-state index contributed by atoms with van der Waals surface area (Å²) >= 11 is 0. The van der Waals surface area contributed by atoms with Gasteiger partial charge in [0.15, 0.2) is 0 Å². The van der Waals surface area contributed by atoms with Crippen LogP contribution in [0.3, 0.4) is 0 Å². The first-order chi connectivity index (χ1) is 24.9. The van der Waals surface area contributed by atoms with Gasteiger partial charge in [-0.3, -0.25) is 9.59 Å².